The van der Waals surface area contributed by atoms with Crippen LogP contribution in [0.25, 0.3) is 65.8 Å². The summed E-state index contributed by atoms with van der Waals surface area (Å²) in [7, 11) is 9.30. The predicted molar refractivity (Wildman–Crippen MR) is 529 cm³/mol. The second kappa shape index (κ2) is 52.4. The molecule has 14 rings (SSSR count). The number of phenolic OH excluding ortho intramolecular Hbond substituents is 6. The van der Waals surface area contributed by atoms with E-state index in [9.17, 15) is 117 Å². The summed E-state index contributed by atoms with van der Waals surface area (Å²) >= 11 is 0. The molecule has 6 amide bonds. The van der Waals surface area contributed by atoms with E-state index in [1.165, 1.54) is 96.9 Å². The molecular formula is C102H112N8O36. The minimum atomic E-state index is -0.486. The molecule has 0 aliphatic carbocycles. The molecule has 0 atom stereocenters. The van der Waals surface area contributed by atoms with Crippen molar-refractivity contribution >= 4 is 139 Å². The average molecular weight is 2030 g/mol. The normalized spacial score (nSPS) is 12.2. The third-order valence-electron chi connectivity index (χ3n) is 23.3. The number of aldehydes is 6. The number of ether oxygens (including phenoxy) is 6. The van der Waals surface area contributed by atoms with Crippen molar-refractivity contribution in [2.24, 2.45) is 0 Å². The topological polar surface area (TPSA) is 633 Å². The summed E-state index contributed by atoms with van der Waals surface area (Å²) < 4.78 is 64.1. The molecule has 12 aromatic rings. The fraction of sp³-hybridized carbons (Fsp3) is 0.353. The summed E-state index contributed by atoms with van der Waals surface area (Å²) in [6, 6.07) is 11.5. The van der Waals surface area contributed by atoms with Crippen molar-refractivity contribution in [1.82, 2.24) is 41.3 Å². The number of phenols is 6. The first-order valence-corrected chi connectivity index (χ1v) is 45.5. The number of hydrogen-bond donors (Lipinski definition) is 11. The molecule has 0 spiro atoms. The minimum absolute atomic E-state index is 0.00712. The molecule has 6 aromatic heterocycles. The highest BCUT2D eigenvalue weighted by Gasteiger charge is 2.30. The molecule has 44 nitrogen and oxygen atoms in total. The Morgan fingerprint density at radius 3 is 0.911 bits per heavy atom. The van der Waals surface area contributed by atoms with E-state index < -0.39 is 16.3 Å². The molecule has 2 aliphatic heterocycles. The number of aryl methyl sites for hydroxylation is 6. The van der Waals surface area contributed by atoms with Gasteiger partial charge in [0.15, 0.2) is 104 Å². The van der Waals surface area contributed by atoms with Gasteiger partial charge in [-0.3, -0.25) is 91.2 Å². The SMILES string of the molecule is CCNC(=O)Cc1c(C)oc2c(C=O)c(O)cc(OC)c2c1=O.CCNC(=O)Cc1c(C)oc2c(C=O)c(O)ccc2c1=O.COCCNC(=O)Cc1c(C)oc2c(C=O)c(O)cc(OC)c2c1=O.COc1cc(O)c(C=O)c2oc(C)c(CC(=O)N3CCOCC3)c(=O)c12.Cc1oc2c(C=O)c(O)ccc2c(=O)c1CC(=O)NCCN(C)C.Cc1oc2c(C=O)c(O)ccc2c(=O)c1CC(=O)NCCN1CCOCC1. The van der Waals surface area contributed by atoms with Gasteiger partial charge in [-0.15, -0.1) is 0 Å². The molecule has 0 bridgehead atoms. The first kappa shape index (κ1) is 113. The number of amides is 6. The van der Waals surface area contributed by atoms with Crippen LogP contribution in [0.2, 0.25) is 0 Å². The number of nitrogens with one attached hydrogen (secondary N) is 5. The third kappa shape index (κ3) is 26.8. The Morgan fingerprint density at radius 2 is 0.623 bits per heavy atom. The summed E-state index contributed by atoms with van der Waals surface area (Å²) in [4.78, 5) is 221. The van der Waals surface area contributed by atoms with E-state index in [0.717, 1.165) is 19.6 Å². The first-order chi connectivity index (χ1) is 69.7. The van der Waals surface area contributed by atoms with Gasteiger partial charge in [-0.1, -0.05) is 0 Å². The van der Waals surface area contributed by atoms with E-state index in [1.54, 1.807) is 46.4 Å². The monoisotopic (exact) mass is 2020 g/mol. The Labute approximate surface area is 830 Å². The van der Waals surface area contributed by atoms with Crippen LogP contribution < -0.4 is 73.4 Å². The van der Waals surface area contributed by atoms with E-state index in [4.69, 9.17) is 54.9 Å². The highest BCUT2D eigenvalue weighted by Crippen LogP contribution is 2.38. The summed E-state index contributed by atoms with van der Waals surface area (Å²) in [6.07, 6.45) is 1.79. The van der Waals surface area contributed by atoms with Gasteiger partial charge in [-0.05, 0) is 106 Å². The number of likely N-dealkylation sites (N-methyl/N-ethyl adjacent to an activating group) is 3. The lowest BCUT2D eigenvalue weighted by Gasteiger charge is -2.27. The van der Waals surface area contributed by atoms with Gasteiger partial charge in [0.25, 0.3) is 0 Å². The lowest BCUT2D eigenvalue weighted by Crippen LogP contribution is -2.42. The van der Waals surface area contributed by atoms with E-state index in [0.29, 0.717) is 123 Å². The quantitative estimate of drug-likeness (QED) is 0.0170. The number of rotatable bonds is 32. The zero-order chi connectivity index (χ0) is 107. The lowest BCUT2D eigenvalue weighted by atomic mass is 10.0. The van der Waals surface area contributed by atoms with E-state index in [-0.39, 0.29) is 309 Å². The second-order valence-electron chi connectivity index (χ2n) is 33.0. The maximum atomic E-state index is 13.0. The molecule has 2 fully saturated rings. The zero-order valence-electron chi connectivity index (χ0n) is 82.5. The van der Waals surface area contributed by atoms with Crippen LogP contribution in [0.5, 0.6) is 51.7 Å². The molecule has 2 aliphatic rings. The standard InChI is InChI=1S/C19H22N2O6.C18H19NO7.C17H20N2O5.C17H19NO7.C16H17NO6.C15H15NO5/c1-12-14(10-17(24)20-4-5-21-6-8-26-9-7-21)18(25)13-2-3-16(23)15(11-22)19(13)27-12;1-10-11(7-15(22)19-3-5-25-6-4-19)17(23)16-14(24-2)8-13(21)12(9-20)18(16)26-10;1-10-12(8-15(22)18-6-7-19(2)3)16(23)11-4-5-14(21)13(9-20)17(11)24-10;1-9-10(6-14(21)18-4-5-23-2)16(22)15-13(24-3)7-12(20)11(8-19)17(15)25-9;1-4-17-13(20)5-9-8(2)23-16-10(7-18)11(19)6-12(22-3)14(16)15(9)21;1-3-16-13(19)6-10-8(2)21-15-9(14(10)20)4-5-12(18)11(15)7-17/h2-3,11,23H,4-10H2,1H3,(H,20,24);8-9,21H,3-7H2,1-2H3;4-5,9,21H,6-8H2,1-3H3,(H,18,22);7-8,20H,4-6H2,1-3H3,(H,18,21);6-7,19H,4-5H2,1-3H3,(H,17,20);4-5,7,18H,3,6H2,1-2H3,(H,16,19). The van der Waals surface area contributed by atoms with Gasteiger partial charge in [-0.2, -0.15) is 0 Å². The summed E-state index contributed by atoms with van der Waals surface area (Å²) in [5.41, 5.74) is -1.96. The van der Waals surface area contributed by atoms with Crippen LogP contribution in [0.15, 0.2) is 110 Å². The number of carbonyl (C=O) groups is 12. The van der Waals surface area contributed by atoms with E-state index in [1.807, 2.05) is 19.0 Å². The van der Waals surface area contributed by atoms with Gasteiger partial charge in [0.2, 0.25) is 35.4 Å². The molecule has 6 aromatic carbocycles. The van der Waals surface area contributed by atoms with Gasteiger partial charge in [0.1, 0.15) is 102 Å². The van der Waals surface area contributed by atoms with Crippen molar-refractivity contribution in [2.45, 2.75) is 93.9 Å². The van der Waals surface area contributed by atoms with Crippen molar-refractivity contribution in [1.29, 1.82) is 0 Å². The van der Waals surface area contributed by atoms with Gasteiger partial charge in [0.05, 0.1) is 142 Å². The van der Waals surface area contributed by atoms with Crippen molar-refractivity contribution in [3.63, 3.8) is 0 Å². The van der Waals surface area contributed by atoms with Gasteiger partial charge < -0.3 is 122 Å². The number of carbonyl (C=O) groups excluding carboxylic acids is 12. The number of morpholine rings is 2. The first-order valence-electron chi connectivity index (χ1n) is 45.5. The smallest absolute Gasteiger partial charge is 0.227 e. The number of nitrogens with zero attached hydrogens (tertiary/aromatic N) is 3. The van der Waals surface area contributed by atoms with Crippen molar-refractivity contribution in [3.8, 4) is 51.7 Å². The number of hydrogen-bond acceptors (Lipinski definition) is 38. The lowest BCUT2D eigenvalue weighted by molar-refractivity contribution is -0.134. The number of methoxy groups -OCH3 is 4. The minimum Gasteiger partial charge on any atom is -0.507 e. The van der Waals surface area contributed by atoms with Crippen LogP contribution in [-0.4, -0.2) is 266 Å². The van der Waals surface area contributed by atoms with Crippen LogP contribution in [-0.2, 0) is 81.5 Å². The molecule has 0 saturated carbocycles. The van der Waals surface area contributed by atoms with Gasteiger partial charge in [0, 0.05) is 131 Å². The van der Waals surface area contributed by atoms with E-state index >= 15 is 0 Å². The Balaban J connectivity index is 0.000000195. The predicted octanol–water partition coefficient (Wildman–Crippen LogP) is 6.02. The summed E-state index contributed by atoms with van der Waals surface area (Å²) in [5, 5.41) is 72.7. The van der Waals surface area contributed by atoms with Crippen LogP contribution in [0, 0.1) is 41.5 Å². The van der Waals surface area contributed by atoms with Crippen LogP contribution in [0.3, 0.4) is 0 Å². The van der Waals surface area contributed by atoms with Crippen LogP contribution in [0.1, 0.15) is 144 Å². The largest absolute Gasteiger partial charge is 0.507 e. The Kier molecular flexibility index (Phi) is 40.6. The fourth-order valence-electron chi connectivity index (χ4n) is 15.6. The number of aromatic hydroxyl groups is 6. The molecule has 8 heterocycles. The third-order valence-corrected chi connectivity index (χ3v) is 23.3. The van der Waals surface area contributed by atoms with Crippen molar-refractivity contribution in [3.05, 3.63) is 217 Å². The Bertz CT molecular complexity index is 7400. The van der Waals surface area contributed by atoms with Crippen LogP contribution >= 0.6 is 0 Å². The molecule has 44 heteroatoms. The van der Waals surface area contributed by atoms with Crippen LogP contribution in [0.4, 0.5) is 0 Å². The van der Waals surface area contributed by atoms with Gasteiger partial charge in [-0.25, -0.2) is 0 Å². The maximum Gasteiger partial charge on any atom is 0.227 e. The molecule has 146 heavy (non-hydrogen) atoms. The second-order valence-corrected chi connectivity index (χ2v) is 33.0. The fourth-order valence-corrected chi connectivity index (χ4v) is 15.6. The highest BCUT2D eigenvalue weighted by atomic mass is 16.5. The van der Waals surface area contributed by atoms with E-state index in [2.05, 4.69) is 31.5 Å². The maximum absolute atomic E-state index is 13.0. The highest BCUT2D eigenvalue weighted by molar-refractivity contribution is 6.05. The summed E-state index contributed by atoms with van der Waals surface area (Å²) in [5.74, 6) is -1.89. The Hall–Kier alpha value is -16.6. The number of benzene rings is 6. The molecule has 2 saturated heterocycles. The Morgan fingerprint density at radius 1 is 0.356 bits per heavy atom. The molecular weight excluding hydrogens is 1910 g/mol. The van der Waals surface area contributed by atoms with Crippen molar-refractivity contribution < 1.29 is 143 Å². The molecule has 0 unspecified atom stereocenters. The number of fused-ring (bicyclic) bond motifs is 6. The summed E-state index contributed by atoms with van der Waals surface area (Å²) in [6.45, 7) is 21.8. The van der Waals surface area contributed by atoms with Gasteiger partial charge >= 0.3 is 0 Å². The molecule has 776 valence electrons. The molecule has 11 N–H and O–H groups in total. The van der Waals surface area contributed by atoms with Crippen molar-refractivity contribution in [2.75, 3.05) is 148 Å². The zero-order valence-corrected chi connectivity index (χ0v) is 82.5. The molecule has 0 radical (unpaired) electrons. The average Bonchev–Trinajstić information content (AvgIpc) is 0.757.